The van der Waals surface area contributed by atoms with Gasteiger partial charge in [0.05, 0.1) is 0 Å². The van der Waals surface area contributed by atoms with Crippen LogP contribution in [0.4, 0.5) is 4.39 Å². The van der Waals surface area contributed by atoms with Gasteiger partial charge in [0.25, 0.3) is 0 Å². The quantitative estimate of drug-likeness (QED) is 0.699. The molecule has 0 unspecified atom stereocenters. The lowest BCUT2D eigenvalue weighted by molar-refractivity contribution is 0.425. The van der Waals surface area contributed by atoms with E-state index in [0.717, 1.165) is 10.8 Å². The van der Waals surface area contributed by atoms with E-state index in [-0.39, 0.29) is 11.0 Å². The van der Waals surface area contributed by atoms with Crippen LogP contribution in [0.5, 0.6) is 0 Å². The number of hydrogen-bond acceptors (Lipinski definition) is 2. The van der Waals surface area contributed by atoms with Gasteiger partial charge >= 0.3 is 7.12 Å². The molecule has 0 atom stereocenters. The first kappa shape index (κ1) is 12.8. The molecular formula is C16H12BFO2. The van der Waals surface area contributed by atoms with Crippen molar-refractivity contribution in [1.82, 2.24) is 0 Å². The number of rotatable bonds is 2. The Morgan fingerprint density at radius 2 is 1.50 bits per heavy atom. The van der Waals surface area contributed by atoms with Gasteiger partial charge in [0.2, 0.25) is 0 Å². The highest BCUT2D eigenvalue weighted by molar-refractivity contribution is 6.60. The van der Waals surface area contributed by atoms with Crippen LogP contribution in [-0.4, -0.2) is 17.2 Å². The molecule has 2 nitrogen and oxygen atoms in total. The Balaban J connectivity index is 2.37. The van der Waals surface area contributed by atoms with Gasteiger partial charge in [-0.15, -0.1) is 0 Å². The Bertz CT molecular complexity index is 766. The summed E-state index contributed by atoms with van der Waals surface area (Å²) in [5.74, 6) is -0.466. The van der Waals surface area contributed by atoms with Gasteiger partial charge in [0.1, 0.15) is 5.82 Å². The maximum atomic E-state index is 14.2. The van der Waals surface area contributed by atoms with Crippen LogP contribution in [0.15, 0.2) is 60.7 Å². The topological polar surface area (TPSA) is 40.5 Å². The summed E-state index contributed by atoms with van der Waals surface area (Å²) in [4.78, 5) is 0. The van der Waals surface area contributed by atoms with Crippen LogP contribution in [0.1, 0.15) is 0 Å². The predicted octanol–water partition coefficient (Wildman–Crippen LogP) is 2.33. The predicted molar refractivity (Wildman–Crippen MR) is 79.2 cm³/mol. The average molecular weight is 266 g/mol. The minimum Gasteiger partial charge on any atom is -0.423 e. The van der Waals surface area contributed by atoms with E-state index >= 15 is 0 Å². The van der Waals surface area contributed by atoms with Crippen molar-refractivity contribution in [3.05, 3.63) is 66.5 Å². The summed E-state index contributed by atoms with van der Waals surface area (Å²) in [6.07, 6.45) is 0. The van der Waals surface area contributed by atoms with Crippen LogP contribution in [0, 0.1) is 5.82 Å². The summed E-state index contributed by atoms with van der Waals surface area (Å²) in [5, 5.41) is 20.8. The summed E-state index contributed by atoms with van der Waals surface area (Å²) in [6, 6.07) is 17.5. The minimum absolute atomic E-state index is 0.168. The van der Waals surface area contributed by atoms with Crippen molar-refractivity contribution in [1.29, 1.82) is 0 Å². The number of halogens is 1. The lowest BCUT2D eigenvalue weighted by atomic mass is 9.74. The van der Waals surface area contributed by atoms with Crippen LogP contribution in [0.3, 0.4) is 0 Å². The van der Waals surface area contributed by atoms with Gasteiger partial charge in [0.15, 0.2) is 0 Å². The molecule has 20 heavy (non-hydrogen) atoms. The van der Waals surface area contributed by atoms with Crippen LogP contribution < -0.4 is 5.46 Å². The fourth-order valence-corrected chi connectivity index (χ4v) is 2.48. The van der Waals surface area contributed by atoms with Crippen molar-refractivity contribution in [3.8, 4) is 11.1 Å². The normalized spacial score (nSPS) is 10.8. The van der Waals surface area contributed by atoms with E-state index in [0.29, 0.717) is 5.56 Å². The zero-order valence-corrected chi connectivity index (χ0v) is 10.6. The van der Waals surface area contributed by atoms with E-state index in [1.807, 2.05) is 36.4 Å². The van der Waals surface area contributed by atoms with Crippen molar-refractivity contribution in [2.75, 3.05) is 0 Å². The molecule has 3 aromatic rings. The van der Waals surface area contributed by atoms with Gasteiger partial charge in [-0.25, -0.2) is 4.39 Å². The van der Waals surface area contributed by atoms with Gasteiger partial charge in [-0.3, -0.25) is 0 Å². The Morgan fingerprint density at radius 3 is 2.30 bits per heavy atom. The van der Waals surface area contributed by atoms with Crippen LogP contribution in [0.2, 0.25) is 0 Å². The van der Waals surface area contributed by atoms with Gasteiger partial charge in [-0.2, -0.15) is 0 Å². The molecule has 0 heterocycles. The summed E-state index contributed by atoms with van der Waals surface area (Å²) in [7, 11) is -1.71. The molecule has 0 amide bonds. The Kier molecular flexibility index (Phi) is 3.26. The number of benzene rings is 3. The molecule has 98 valence electrons. The molecule has 3 aromatic carbocycles. The third-order valence-corrected chi connectivity index (χ3v) is 3.38. The second-order valence-electron chi connectivity index (χ2n) is 4.60. The zero-order chi connectivity index (χ0) is 14.1. The molecule has 0 bridgehead atoms. The Labute approximate surface area is 116 Å². The molecule has 3 rings (SSSR count). The zero-order valence-electron chi connectivity index (χ0n) is 10.6. The standard InChI is InChI=1S/C16H12BFO2/c18-15-10-4-9-14(17(19)20)16(15)13-8-3-6-11-5-1-2-7-12(11)13/h1-10,19-20H. The van der Waals surface area contributed by atoms with Crippen LogP contribution >= 0.6 is 0 Å². The lowest BCUT2D eigenvalue weighted by Gasteiger charge is -2.12. The molecule has 0 radical (unpaired) electrons. The van der Waals surface area contributed by atoms with Crippen molar-refractivity contribution >= 4 is 23.4 Å². The van der Waals surface area contributed by atoms with Gasteiger partial charge < -0.3 is 10.0 Å². The molecule has 0 aliphatic heterocycles. The van der Waals surface area contributed by atoms with Crippen molar-refractivity contribution in [2.45, 2.75) is 0 Å². The van der Waals surface area contributed by atoms with Crippen LogP contribution in [-0.2, 0) is 0 Å². The molecule has 0 aliphatic rings. The molecule has 0 saturated heterocycles. The number of hydrogen-bond donors (Lipinski definition) is 2. The molecule has 4 heteroatoms. The van der Waals surface area contributed by atoms with Crippen molar-refractivity contribution in [3.63, 3.8) is 0 Å². The van der Waals surface area contributed by atoms with Crippen molar-refractivity contribution in [2.24, 2.45) is 0 Å². The highest BCUT2D eigenvalue weighted by atomic mass is 19.1. The molecule has 0 spiro atoms. The Morgan fingerprint density at radius 1 is 0.800 bits per heavy atom. The van der Waals surface area contributed by atoms with Crippen molar-refractivity contribution < 1.29 is 14.4 Å². The minimum atomic E-state index is -1.71. The van der Waals surface area contributed by atoms with E-state index in [9.17, 15) is 14.4 Å². The summed E-state index contributed by atoms with van der Waals surface area (Å²) in [6.45, 7) is 0. The third kappa shape index (κ3) is 2.09. The maximum absolute atomic E-state index is 14.2. The maximum Gasteiger partial charge on any atom is 0.489 e. The van der Waals surface area contributed by atoms with E-state index in [4.69, 9.17) is 0 Å². The molecule has 2 N–H and O–H groups in total. The largest absolute Gasteiger partial charge is 0.489 e. The van der Waals surface area contributed by atoms with Gasteiger partial charge in [0, 0.05) is 5.56 Å². The fourth-order valence-electron chi connectivity index (χ4n) is 2.48. The fraction of sp³-hybridized carbons (Fsp3) is 0. The van der Waals surface area contributed by atoms with E-state index < -0.39 is 12.9 Å². The first-order valence-electron chi connectivity index (χ1n) is 6.31. The third-order valence-electron chi connectivity index (χ3n) is 3.38. The second kappa shape index (κ2) is 5.08. The smallest absolute Gasteiger partial charge is 0.423 e. The van der Waals surface area contributed by atoms with Crippen LogP contribution in [0.25, 0.3) is 21.9 Å². The lowest BCUT2D eigenvalue weighted by Crippen LogP contribution is -2.32. The first-order chi connectivity index (χ1) is 9.68. The van der Waals surface area contributed by atoms with E-state index in [1.165, 1.54) is 18.2 Å². The van der Waals surface area contributed by atoms with Gasteiger partial charge in [-0.1, -0.05) is 54.6 Å². The first-order valence-corrected chi connectivity index (χ1v) is 6.31. The highest BCUT2D eigenvalue weighted by Gasteiger charge is 2.21. The summed E-state index contributed by atoms with van der Waals surface area (Å²) < 4.78 is 14.2. The monoisotopic (exact) mass is 266 g/mol. The molecule has 0 fully saturated rings. The molecule has 0 aromatic heterocycles. The number of fused-ring (bicyclic) bond motifs is 1. The molecular weight excluding hydrogens is 254 g/mol. The average Bonchev–Trinajstić information content (AvgIpc) is 2.46. The summed E-state index contributed by atoms with van der Waals surface area (Å²) in [5.41, 5.74) is 1.06. The van der Waals surface area contributed by atoms with E-state index in [2.05, 4.69) is 0 Å². The SMILES string of the molecule is OB(O)c1cccc(F)c1-c1cccc2ccccc12. The van der Waals surface area contributed by atoms with E-state index in [1.54, 1.807) is 6.07 Å². The summed E-state index contributed by atoms with van der Waals surface area (Å²) >= 11 is 0. The molecule has 0 aliphatic carbocycles. The molecule has 0 saturated carbocycles. The Hall–Kier alpha value is -2.17. The van der Waals surface area contributed by atoms with Gasteiger partial charge in [-0.05, 0) is 27.9 Å². The second-order valence-corrected chi connectivity index (χ2v) is 4.60. The highest BCUT2D eigenvalue weighted by Crippen LogP contribution is 2.29.